The van der Waals surface area contributed by atoms with Crippen LogP contribution in [0.15, 0.2) is 22.7 Å². The summed E-state index contributed by atoms with van der Waals surface area (Å²) in [6, 6.07) is 3.62. The highest BCUT2D eigenvalue weighted by atomic mass is 79.9. The van der Waals surface area contributed by atoms with Crippen molar-refractivity contribution in [2.24, 2.45) is 5.92 Å². The van der Waals surface area contributed by atoms with Crippen LogP contribution in [0.5, 0.6) is 0 Å². The quantitative estimate of drug-likeness (QED) is 0.910. The van der Waals surface area contributed by atoms with Crippen LogP contribution in [0.4, 0.5) is 18.9 Å². The molecule has 18 heavy (non-hydrogen) atoms. The van der Waals surface area contributed by atoms with Gasteiger partial charge in [-0.15, -0.1) is 0 Å². The lowest BCUT2D eigenvalue weighted by atomic mass is 10.1. The Hall–Kier alpha value is -0.750. The Labute approximate surface area is 112 Å². The van der Waals surface area contributed by atoms with Gasteiger partial charge in [0.25, 0.3) is 0 Å². The largest absolute Gasteiger partial charge is 0.416 e. The Kier molecular flexibility index (Phi) is 4.17. The number of hydrogen-bond acceptors (Lipinski definition) is 2. The lowest BCUT2D eigenvalue weighted by Gasteiger charge is -2.14. The Balaban J connectivity index is 2.01. The van der Waals surface area contributed by atoms with Gasteiger partial charge < -0.3 is 10.1 Å². The monoisotopic (exact) mass is 323 g/mol. The highest BCUT2D eigenvalue weighted by molar-refractivity contribution is 9.10. The maximum atomic E-state index is 12.5. The van der Waals surface area contributed by atoms with Crippen molar-refractivity contribution in [1.82, 2.24) is 0 Å². The predicted molar refractivity (Wildman–Crippen MR) is 66.6 cm³/mol. The Bertz CT molecular complexity index is 416. The molecule has 2 nitrogen and oxygen atoms in total. The van der Waals surface area contributed by atoms with Crippen molar-refractivity contribution in [3.8, 4) is 0 Å². The molecule has 0 saturated carbocycles. The molecular formula is C12H13BrF3NO. The number of nitrogens with one attached hydrogen (secondary N) is 1. The van der Waals surface area contributed by atoms with E-state index in [0.717, 1.165) is 25.2 Å². The van der Waals surface area contributed by atoms with E-state index in [0.29, 0.717) is 29.2 Å². The van der Waals surface area contributed by atoms with Gasteiger partial charge in [-0.2, -0.15) is 13.2 Å². The molecule has 1 heterocycles. The van der Waals surface area contributed by atoms with Gasteiger partial charge in [0.1, 0.15) is 0 Å². The predicted octanol–water partition coefficient (Wildman–Crippen LogP) is 3.92. The first-order chi connectivity index (χ1) is 8.47. The van der Waals surface area contributed by atoms with Gasteiger partial charge in [0, 0.05) is 29.2 Å². The van der Waals surface area contributed by atoms with Crippen LogP contribution in [0, 0.1) is 5.92 Å². The number of rotatable bonds is 3. The third kappa shape index (κ3) is 3.38. The van der Waals surface area contributed by atoms with Crippen LogP contribution in [0.2, 0.25) is 0 Å². The van der Waals surface area contributed by atoms with Crippen LogP contribution in [0.1, 0.15) is 12.0 Å². The molecule has 1 N–H and O–H groups in total. The van der Waals surface area contributed by atoms with Crippen molar-refractivity contribution in [3.63, 3.8) is 0 Å². The normalized spacial score (nSPS) is 20.1. The van der Waals surface area contributed by atoms with E-state index in [2.05, 4.69) is 21.2 Å². The second-order valence-electron chi connectivity index (χ2n) is 4.30. The van der Waals surface area contributed by atoms with Gasteiger partial charge in [-0.25, -0.2) is 0 Å². The van der Waals surface area contributed by atoms with Crippen molar-refractivity contribution in [1.29, 1.82) is 0 Å². The average molecular weight is 324 g/mol. The van der Waals surface area contributed by atoms with E-state index in [1.54, 1.807) is 0 Å². The second kappa shape index (κ2) is 5.48. The average Bonchev–Trinajstić information content (AvgIpc) is 2.79. The van der Waals surface area contributed by atoms with E-state index < -0.39 is 11.7 Å². The topological polar surface area (TPSA) is 21.3 Å². The molecule has 1 aliphatic rings. The molecule has 100 valence electrons. The first kappa shape index (κ1) is 13.7. The van der Waals surface area contributed by atoms with Crippen LogP contribution in [-0.2, 0) is 10.9 Å². The number of benzene rings is 1. The molecule has 1 saturated heterocycles. The number of halogens is 4. The van der Waals surface area contributed by atoms with Crippen molar-refractivity contribution in [3.05, 3.63) is 28.2 Å². The third-order valence-electron chi connectivity index (χ3n) is 2.90. The summed E-state index contributed by atoms with van der Waals surface area (Å²) < 4.78 is 43.1. The Morgan fingerprint density at radius 2 is 2.17 bits per heavy atom. The lowest BCUT2D eigenvalue weighted by molar-refractivity contribution is -0.137. The van der Waals surface area contributed by atoms with Gasteiger partial charge in [0.05, 0.1) is 12.2 Å². The zero-order valence-electron chi connectivity index (χ0n) is 9.56. The second-order valence-corrected chi connectivity index (χ2v) is 5.16. The number of ether oxygens (including phenoxy) is 1. The van der Waals surface area contributed by atoms with Crippen LogP contribution in [-0.4, -0.2) is 19.8 Å². The zero-order chi connectivity index (χ0) is 13.2. The van der Waals surface area contributed by atoms with Crippen LogP contribution >= 0.6 is 15.9 Å². The standard InChI is InChI=1S/C12H13BrF3NO/c13-10-5-9(12(14,15)16)1-2-11(10)17-6-8-3-4-18-7-8/h1-2,5,8,17H,3-4,6-7H2. The van der Waals surface area contributed by atoms with Crippen molar-refractivity contribution < 1.29 is 17.9 Å². The molecule has 1 aromatic carbocycles. The van der Waals surface area contributed by atoms with Gasteiger partial charge in [-0.05, 0) is 40.5 Å². The fourth-order valence-corrected chi connectivity index (χ4v) is 2.35. The van der Waals surface area contributed by atoms with Crippen molar-refractivity contribution in [2.45, 2.75) is 12.6 Å². The number of alkyl halides is 3. The molecule has 0 radical (unpaired) electrons. The molecule has 1 aromatic rings. The molecule has 1 fully saturated rings. The Morgan fingerprint density at radius 1 is 1.39 bits per heavy atom. The summed E-state index contributed by atoms with van der Waals surface area (Å²) in [5, 5.41) is 3.14. The summed E-state index contributed by atoms with van der Waals surface area (Å²) >= 11 is 3.16. The molecule has 1 atom stereocenters. The summed E-state index contributed by atoms with van der Waals surface area (Å²) in [4.78, 5) is 0. The number of anilines is 1. The minimum Gasteiger partial charge on any atom is -0.384 e. The molecule has 0 aromatic heterocycles. The van der Waals surface area contributed by atoms with Gasteiger partial charge in [-0.3, -0.25) is 0 Å². The van der Waals surface area contributed by atoms with E-state index in [1.807, 2.05) is 0 Å². The summed E-state index contributed by atoms with van der Waals surface area (Å²) in [6.07, 6.45) is -3.31. The third-order valence-corrected chi connectivity index (χ3v) is 3.56. The smallest absolute Gasteiger partial charge is 0.384 e. The van der Waals surface area contributed by atoms with E-state index in [4.69, 9.17) is 4.74 Å². The van der Waals surface area contributed by atoms with Gasteiger partial charge in [0.2, 0.25) is 0 Å². The molecule has 1 unspecified atom stereocenters. The first-order valence-corrected chi connectivity index (χ1v) is 6.44. The van der Waals surface area contributed by atoms with Crippen molar-refractivity contribution >= 4 is 21.6 Å². The maximum absolute atomic E-state index is 12.5. The van der Waals surface area contributed by atoms with E-state index >= 15 is 0 Å². The zero-order valence-corrected chi connectivity index (χ0v) is 11.1. The number of hydrogen-bond donors (Lipinski definition) is 1. The van der Waals surface area contributed by atoms with E-state index in [-0.39, 0.29) is 0 Å². The summed E-state index contributed by atoms with van der Waals surface area (Å²) in [5.74, 6) is 0.430. The highest BCUT2D eigenvalue weighted by Crippen LogP contribution is 2.34. The van der Waals surface area contributed by atoms with E-state index in [9.17, 15) is 13.2 Å². The SMILES string of the molecule is FC(F)(F)c1ccc(NCC2CCOC2)c(Br)c1. The van der Waals surface area contributed by atoms with Crippen LogP contribution < -0.4 is 5.32 Å². The fraction of sp³-hybridized carbons (Fsp3) is 0.500. The minimum atomic E-state index is -4.31. The molecule has 0 spiro atoms. The summed E-state index contributed by atoms with van der Waals surface area (Å²) in [6.45, 7) is 2.19. The molecular weight excluding hydrogens is 311 g/mol. The van der Waals surface area contributed by atoms with Crippen molar-refractivity contribution in [2.75, 3.05) is 25.1 Å². The fourth-order valence-electron chi connectivity index (χ4n) is 1.83. The van der Waals surface area contributed by atoms with E-state index in [1.165, 1.54) is 6.07 Å². The molecule has 2 rings (SSSR count). The summed E-state index contributed by atoms with van der Waals surface area (Å²) in [7, 11) is 0. The molecule has 0 bridgehead atoms. The van der Waals surface area contributed by atoms with Crippen LogP contribution in [0.25, 0.3) is 0 Å². The molecule has 0 aliphatic carbocycles. The van der Waals surface area contributed by atoms with Gasteiger partial charge in [-0.1, -0.05) is 0 Å². The molecule has 6 heteroatoms. The van der Waals surface area contributed by atoms with Gasteiger partial charge >= 0.3 is 6.18 Å². The molecule has 0 amide bonds. The first-order valence-electron chi connectivity index (χ1n) is 5.65. The lowest BCUT2D eigenvalue weighted by Crippen LogP contribution is -2.14. The van der Waals surface area contributed by atoms with Gasteiger partial charge in [0.15, 0.2) is 0 Å². The Morgan fingerprint density at radius 3 is 2.72 bits per heavy atom. The van der Waals surface area contributed by atoms with Crippen LogP contribution in [0.3, 0.4) is 0 Å². The summed E-state index contributed by atoms with van der Waals surface area (Å²) in [5.41, 5.74) is 0.0269. The maximum Gasteiger partial charge on any atom is 0.416 e. The highest BCUT2D eigenvalue weighted by Gasteiger charge is 2.30. The molecule has 1 aliphatic heterocycles. The minimum absolute atomic E-state index is 0.427.